The van der Waals surface area contributed by atoms with E-state index in [2.05, 4.69) is 10.2 Å². The van der Waals surface area contributed by atoms with Crippen LogP contribution in [0.3, 0.4) is 0 Å². The molecule has 1 aliphatic heterocycles. The smallest absolute Gasteiger partial charge is 0.329 e. The Hall–Kier alpha value is -1.98. The van der Waals surface area contributed by atoms with E-state index in [9.17, 15) is 14.7 Å². The average molecular weight is 291 g/mol. The maximum Gasteiger partial charge on any atom is 0.329 e. The summed E-state index contributed by atoms with van der Waals surface area (Å²) in [4.78, 5) is 25.9. The van der Waals surface area contributed by atoms with E-state index in [0.29, 0.717) is 36.3 Å². The van der Waals surface area contributed by atoms with E-state index in [4.69, 9.17) is 0 Å². The summed E-state index contributed by atoms with van der Waals surface area (Å²) >= 11 is 0. The Kier molecular flexibility index (Phi) is 4.25. The molecule has 1 atom stereocenters. The van der Waals surface area contributed by atoms with Crippen LogP contribution >= 0.6 is 0 Å². The number of carbonyl (C=O) groups excluding carboxylic acids is 1. The summed E-state index contributed by atoms with van der Waals surface area (Å²) in [5, 5.41) is 17.6. The first-order valence-corrected chi connectivity index (χ1v) is 7.28. The van der Waals surface area contributed by atoms with Crippen LogP contribution in [-0.4, -0.2) is 44.2 Å². The summed E-state index contributed by atoms with van der Waals surface area (Å²) in [6, 6.07) is 1.70. The van der Waals surface area contributed by atoms with Crippen molar-refractivity contribution in [2.45, 2.75) is 52.0 Å². The number of hydrogen-bond acceptors (Lipinski definition) is 4. The van der Waals surface area contributed by atoms with Crippen LogP contribution in [0, 0.1) is 6.92 Å². The average Bonchev–Trinajstić information content (AvgIpc) is 2.47. The molecule has 6 nitrogen and oxygen atoms in total. The van der Waals surface area contributed by atoms with E-state index >= 15 is 0 Å². The Labute approximate surface area is 124 Å². The van der Waals surface area contributed by atoms with Crippen LogP contribution in [0.5, 0.6) is 0 Å². The van der Waals surface area contributed by atoms with Crippen LogP contribution in [0.15, 0.2) is 6.07 Å². The predicted molar refractivity (Wildman–Crippen MR) is 77.1 cm³/mol. The van der Waals surface area contributed by atoms with Crippen molar-refractivity contribution in [1.82, 2.24) is 15.1 Å². The number of amides is 1. The van der Waals surface area contributed by atoms with Gasteiger partial charge in [0.15, 0.2) is 0 Å². The Bertz CT molecular complexity index is 573. The van der Waals surface area contributed by atoms with Gasteiger partial charge in [-0.3, -0.25) is 4.79 Å². The zero-order chi connectivity index (χ0) is 15.6. The molecular weight excluding hydrogens is 270 g/mol. The SMILES string of the molecule is CCc1nnc(C)cc1C(=O)N1CCCCC1(C)C(=O)O. The molecule has 1 aromatic rings. The molecule has 2 rings (SSSR count). The van der Waals surface area contributed by atoms with E-state index in [-0.39, 0.29) is 5.91 Å². The van der Waals surface area contributed by atoms with Gasteiger partial charge >= 0.3 is 5.97 Å². The Balaban J connectivity index is 2.42. The number of nitrogens with zero attached hydrogens (tertiary/aromatic N) is 3. The molecule has 2 heterocycles. The van der Waals surface area contributed by atoms with Crippen LogP contribution in [0.4, 0.5) is 0 Å². The van der Waals surface area contributed by atoms with Crippen LogP contribution in [0.1, 0.15) is 54.9 Å². The number of aryl methyl sites for hydroxylation is 2. The van der Waals surface area contributed by atoms with Crippen molar-refractivity contribution in [3.63, 3.8) is 0 Å². The molecule has 114 valence electrons. The highest BCUT2D eigenvalue weighted by Crippen LogP contribution is 2.30. The summed E-state index contributed by atoms with van der Waals surface area (Å²) in [5.41, 5.74) is 0.602. The van der Waals surface area contributed by atoms with Crippen LogP contribution in [-0.2, 0) is 11.2 Å². The Morgan fingerprint density at radius 1 is 1.38 bits per heavy atom. The van der Waals surface area contributed by atoms with E-state index in [1.54, 1.807) is 19.9 Å². The largest absolute Gasteiger partial charge is 0.480 e. The van der Waals surface area contributed by atoms with Gasteiger partial charge in [-0.1, -0.05) is 6.92 Å². The standard InChI is InChI=1S/C15H21N3O3/c1-4-12-11(9-10(2)16-17-12)13(19)18-8-6-5-7-15(18,3)14(20)21/h9H,4-8H2,1-3H3,(H,20,21). The van der Waals surface area contributed by atoms with Crippen LogP contribution < -0.4 is 0 Å². The fourth-order valence-corrected chi connectivity index (χ4v) is 2.77. The summed E-state index contributed by atoms with van der Waals surface area (Å²) in [5.74, 6) is -1.21. The van der Waals surface area contributed by atoms with Gasteiger partial charge < -0.3 is 10.0 Å². The van der Waals surface area contributed by atoms with E-state index in [1.807, 2.05) is 6.92 Å². The van der Waals surface area contributed by atoms with Gasteiger partial charge in [-0.15, -0.1) is 0 Å². The third kappa shape index (κ3) is 2.75. The molecular formula is C15H21N3O3. The molecule has 1 saturated heterocycles. The minimum atomic E-state index is -1.14. The van der Waals surface area contributed by atoms with Crippen molar-refractivity contribution in [3.8, 4) is 0 Å². The number of carboxylic acid groups (broad SMARTS) is 1. The fourth-order valence-electron chi connectivity index (χ4n) is 2.77. The highest BCUT2D eigenvalue weighted by molar-refractivity contribution is 5.98. The minimum Gasteiger partial charge on any atom is -0.480 e. The second-order valence-electron chi connectivity index (χ2n) is 5.69. The topological polar surface area (TPSA) is 83.4 Å². The molecule has 0 bridgehead atoms. The molecule has 1 aromatic heterocycles. The number of hydrogen-bond donors (Lipinski definition) is 1. The lowest BCUT2D eigenvalue weighted by molar-refractivity contribution is -0.150. The molecule has 6 heteroatoms. The van der Waals surface area contributed by atoms with Crippen molar-refractivity contribution in [2.75, 3.05) is 6.54 Å². The Morgan fingerprint density at radius 3 is 2.71 bits per heavy atom. The fraction of sp³-hybridized carbons (Fsp3) is 0.600. The maximum absolute atomic E-state index is 12.8. The zero-order valence-electron chi connectivity index (χ0n) is 12.7. The van der Waals surface area contributed by atoms with Gasteiger partial charge in [-0.05, 0) is 45.6 Å². The van der Waals surface area contributed by atoms with Gasteiger partial charge in [0.25, 0.3) is 5.91 Å². The van der Waals surface area contributed by atoms with Gasteiger partial charge in [0.2, 0.25) is 0 Å². The molecule has 21 heavy (non-hydrogen) atoms. The summed E-state index contributed by atoms with van der Waals surface area (Å²) < 4.78 is 0. The van der Waals surface area contributed by atoms with E-state index in [0.717, 1.165) is 12.8 Å². The first-order chi connectivity index (χ1) is 9.90. The summed E-state index contributed by atoms with van der Waals surface area (Å²) in [6.45, 7) is 5.77. The quantitative estimate of drug-likeness (QED) is 0.918. The number of aliphatic carboxylic acids is 1. The normalized spacial score (nSPS) is 22.1. The Morgan fingerprint density at radius 2 is 2.10 bits per heavy atom. The van der Waals surface area contributed by atoms with Crippen molar-refractivity contribution in [2.24, 2.45) is 0 Å². The number of aromatic nitrogens is 2. The number of piperidine rings is 1. The number of carbonyl (C=O) groups is 2. The van der Waals surface area contributed by atoms with E-state index in [1.165, 1.54) is 4.90 Å². The van der Waals surface area contributed by atoms with Crippen molar-refractivity contribution in [1.29, 1.82) is 0 Å². The first kappa shape index (κ1) is 15.4. The number of carboxylic acids is 1. The molecule has 0 radical (unpaired) electrons. The van der Waals surface area contributed by atoms with Gasteiger partial charge in [0.05, 0.1) is 17.0 Å². The maximum atomic E-state index is 12.8. The summed E-state index contributed by atoms with van der Waals surface area (Å²) in [6.07, 6.45) is 2.72. The molecule has 1 amide bonds. The zero-order valence-corrected chi connectivity index (χ0v) is 12.7. The first-order valence-electron chi connectivity index (χ1n) is 7.28. The second kappa shape index (κ2) is 5.79. The van der Waals surface area contributed by atoms with Crippen molar-refractivity contribution in [3.05, 3.63) is 23.0 Å². The highest BCUT2D eigenvalue weighted by Gasteiger charge is 2.44. The van der Waals surface area contributed by atoms with Gasteiger partial charge in [0.1, 0.15) is 5.54 Å². The molecule has 0 aliphatic carbocycles. The molecule has 0 spiro atoms. The van der Waals surface area contributed by atoms with Crippen molar-refractivity contribution < 1.29 is 14.7 Å². The van der Waals surface area contributed by atoms with Gasteiger partial charge in [0, 0.05) is 6.54 Å². The predicted octanol–water partition coefficient (Wildman–Crippen LogP) is 1.82. The number of likely N-dealkylation sites (tertiary alicyclic amines) is 1. The lowest BCUT2D eigenvalue weighted by atomic mass is 9.87. The minimum absolute atomic E-state index is 0.255. The lowest BCUT2D eigenvalue weighted by Gasteiger charge is -2.41. The molecule has 1 unspecified atom stereocenters. The second-order valence-corrected chi connectivity index (χ2v) is 5.69. The molecule has 0 aromatic carbocycles. The molecule has 1 N–H and O–H groups in total. The molecule has 0 saturated carbocycles. The molecule has 1 aliphatic rings. The lowest BCUT2D eigenvalue weighted by Crippen LogP contribution is -2.57. The van der Waals surface area contributed by atoms with Crippen molar-refractivity contribution >= 4 is 11.9 Å². The number of rotatable bonds is 3. The summed E-state index contributed by atoms with van der Waals surface area (Å²) in [7, 11) is 0. The molecule has 1 fully saturated rings. The monoisotopic (exact) mass is 291 g/mol. The third-order valence-electron chi connectivity index (χ3n) is 4.15. The third-order valence-corrected chi connectivity index (χ3v) is 4.15. The van der Waals surface area contributed by atoms with Gasteiger partial charge in [-0.25, -0.2) is 4.79 Å². The van der Waals surface area contributed by atoms with Crippen LogP contribution in [0.2, 0.25) is 0 Å². The highest BCUT2D eigenvalue weighted by atomic mass is 16.4. The van der Waals surface area contributed by atoms with Gasteiger partial charge in [-0.2, -0.15) is 10.2 Å². The van der Waals surface area contributed by atoms with E-state index < -0.39 is 11.5 Å². The van der Waals surface area contributed by atoms with Crippen LogP contribution in [0.25, 0.3) is 0 Å².